The number of hydrogen-bond acceptors (Lipinski definition) is 4. The number of nitrogens with zero attached hydrogens (tertiary/aromatic N) is 2. The second kappa shape index (κ2) is 5.37. The standard InChI is InChI=1S/C12H19N3O/c1-2-16-11-3-9(4-11)5-12(13)10-6-14-8-15-7-10/h6-9,11-12H,2-5,13H2,1H3. The lowest BCUT2D eigenvalue weighted by molar-refractivity contribution is -0.0282. The summed E-state index contributed by atoms with van der Waals surface area (Å²) in [6.07, 6.45) is 8.91. The largest absolute Gasteiger partial charge is 0.378 e. The Morgan fingerprint density at radius 3 is 2.75 bits per heavy atom. The van der Waals surface area contributed by atoms with Gasteiger partial charge in [-0.2, -0.15) is 0 Å². The zero-order valence-corrected chi connectivity index (χ0v) is 9.67. The molecule has 16 heavy (non-hydrogen) atoms. The molecule has 0 aromatic carbocycles. The molecule has 1 fully saturated rings. The number of nitrogens with two attached hydrogens (primary N) is 1. The maximum absolute atomic E-state index is 6.10. The monoisotopic (exact) mass is 221 g/mol. The second-order valence-corrected chi connectivity index (χ2v) is 4.43. The van der Waals surface area contributed by atoms with E-state index in [-0.39, 0.29) is 6.04 Å². The van der Waals surface area contributed by atoms with Crippen molar-refractivity contribution in [3.05, 3.63) is 24.3 Å². The van der Waals surface area contributed by atoms with E-state index in [0.717, 1.165) is 31.4 Å². The molecule has 1 aromatic heterocycles. The van der Waals surface area contributed by atoms with Crippen LogP contribution < -0.4 is 5.73 Å². The quantitative estimate of drug-likeness (QED) is 0.821. The van der Waals surface area contributed by atoms with Crippen molar-refractivity contribution in [2.45, 2.75) is 38.3 Å². The van der Waals surface area contributed by atoms with Crippen molar-refractivity contribution in [3.8, 4) is 0 Å². The van der Waals surface area contributed by atoms with E-state index in [1.807, 2.05) is 6.92 Å². The van der Waals surface area contributed by atoms with E-state index in [9.17, 15) is 0 Å². The van der Waals surface area contributed by atoms with Crippen LogP contribution in [0.5, 0.6) is 0 Å². The van der Waals surface area contributed by atoms with Gasteiger partial charge in [0.1, 0.15) is 6.33 Å². The van der Waals surface area contributed by atoms with Crippen molar-refractivity contribution in [3.63, 3.8) is 0 Å². The Morgan fingerprint density at radius 2 is 2.12 bits per heavy atom. The average molecular weight is 221 g/mol. The molecule has 2 rings (SSSR count). The summed E-state index contributed by atoms with van der Waals surface area (Å²) in [6.45, 7) is 2.86. The second-order valence-electron chi connectivity index (χ2n) is 4.43. The van der Waals surface area contributed by atoms with E-state index in [1.54, 1.807) is 12.4 Å². The van der Waals surface area contributed by atoms with Gasteiger partial charge in [-0.3, -0.25) is 0 Å². The molecule has 1 aromatic rings. The minimum Gasteiger partial charge on any atom is -0.378 e. The smallest absolute Gasteiger partial charge is 0.115 e. The molecular weight excluding hydrogens is 202 g/mol. The van der Waals surface area contributed by atoms with Crippen molar-refractivity contribution in [2.75, 3.05) is 6.61 Å². The van der Waals surface area contributed by atoms with Crippen LogP contribution in [0, 0.1) is 5.92 Å². The number of ether oxygens (including phenoxy) is 1. The van der Waals surface area contributed by atoms with Gasteiger partial charge in [0.2, 0.25) is 0 Å². The van der Waals surface area contributed by atoms with Crippen LogP contribution in [0.4, 0.5) is 0 Å². The van der Waals surface area contributed by atoms with Crippen molar-refractivity contribution < 1.29 is 4.74 Å². The molecule has 4 nitrogen and oxygen atoms in total. The van der Waals surface area contributed by atoms with Crippen LogP contribution in [-0.4, -0.2) is 22.7 Å². The first-order chi connectivity index (χ1) is 7.79. The van der Waals surface area contributed by atoms with Gasteiger partial charge < -0.3 is 10.5 Å². The summed E-state index contributed by atoms with van der Waals surface area (Å²) in [4.78, 5) is 7.97. The van der Waals surface area contributed by atoms with Gasteiger partial charge in [0.05, 0.1) is 6.10 Å². The first kappa shape index (κ1) is 11.5. The normalized spacial score (nSPS) is 26.1. The Hall–Kier alpha value is -1.00. The molecule has 4 heteroatoms. The Balaban J connectivity index is 1.75. The highest BCUT2D eigenvalue weighted by molar-refractivity contribution is 5.08. The fourth-order valence-corrected chi connectivity index (χ4v) is 2.24. The van der Waals surface area contributed by atoms with Gasteiger partial charge in [-0.05, 0) is 32.1 Å². The molecule has 0 radical (unpaired) electrons. The molecule has 1 atom stereocenters. The van der Waals surface area contributed by atoms with Crippen molar-refractivity contribution in [2.24, 2.45) is 11.7 Å². The molecule has 0 amide bonds. The third kappa shape index (κ3) is 2.77. The summed E-state index contributed by atoms with van der Waals surface area (Å²) >= 11 is 0. The molecule has 1 aliphatic rings. The van der Waals surface area contributed by atoms with Crippen molar-refractivity contribution in [1.82, 2.24) is 9.97 Å². The summed E-state index contributed by atoms with van der Waals surface area (Å²) < 4.78 is 5.53. The summed E-state index contributed by atoms with van der Waals surface area (Å²) in [6, 6.07) is 0.0637. The maximum Gasteiger partial charge on any atom is 0.115 e. The van der Waals surface area contributed by atoms with Gasteiger partial charge in [-0.15, -0.1) is 0 Å². The van der Waals surface area contributed by atoms with Crippen LogP contribution in [0.15, 0.2) is 18.7 Å². The minimum atomic E-state index is 0.0637. The third-order valence-electron chi connectivity index (χ3n) is 3.19. The van der Waals surface area contributed by atoms with Crippen LogP contribution in [0.3, 0.4) is 0 Å². The van der Waals surface area contributed by atoms with E-state index in [2.05, 4.69) is 9.97 Å². The Labute approximate surface area is 96.2 Å². The van der Waals surface area contributed by atoms with E-state index in [1.165, 1.54) is 6.33 Å². The van der Waals surface area contributed by atoms with Crippen LogP contribution in [0.1, 0.15) is 37.8 Å². The van der Waals surface area contributed by atoms with Crippen LogP contribution in [0.2, 0.25) is 0 Å². The SMILES string of the molecule is CCOC1CC(CC(N)c2cncnc2)C1. The molecule has 0 spiro atoms. The average Bonchev–Trinajstić information content (AvgIpc) is 2.27. The summed E-state index contributed by atoms with van der Waals surface area (Å²) in [5.41, 5.74) is 7.13. The van der Waals surface area contributed by atoms with Crippen LogP contribution >= 0.6 is 0 Å². The van der Waals surface area contributed by atoms with Crippen molar-refractivity contribution >= 4 is 0 Å². The van der Waals surface area contributed by atoms with Gasteiger partial charge >= 0.3 is 0 Å². The Kier molecular flexibility index (Phi) is 3.85. The number of aromatic nitrogens is 2. The summed E-state index contributed by atoms with van der Waals surface area (Å²) in [7, 11) is 0. The molecule has 0 bridgehead atoms. The van der Waals surface area contributed by atoms with E-state index in [4.69, 9.17) is 10.5 Å². The zero-order valence-electron chi connectivity index (χ0n) is 9.67. The lowest BCUT2D eigenvalue weighted by atomic mass is 9.77. The molecule has 1 heterocycles. The predicted molar refractivity (Wildman–Crippen MR) is 61.7 cm³/mol. The van der Waals surface area contributed by atoms with E-state index in [0.29, 0.717) is 12.0 Å². The predicted octanol–water partition coefficient (Wildman–Crippen LogP) is 1.68. The highest BCUT2D eigenvalue weighted by Crippen LogP contribution is 2.35. The summed E-state index contributed by atoms with van der Waals surface area (Å²) in [5, 5.41) is 0. The molecular formula is C12H19N3O. The highest BCUT2D eigenvalue weighted by atomic mass is 16.5. The molecule has 1 saturated carbocycles. The molecule has 88 valence electrons. The van der Waals surface area contributed by atoms with Gasteiger partial charge in [0, 0.05) is 30.6 Å². The first-order valence-electron chi connectivity index (χ1n) is 5.91. The maximum atomic E-state index is 6.10. The van der Waals surface area contributed by atoms with Gasteiger partial charge in [-0.1, -0.05) is 0 Å². The molecule has 1 aliphatic carbocycles. The third-order valence-corrected chi connectivity index (χ3v) is 3.19. The van der Waals surface area contributed by atoms with E-state index >= 15 is 0 Å². The fourth-order valence-electron chi connectivity index (χ4n) is 2.24. The first-order valence-corrected chi connectivity index (χ1v) is 5.91. The van der Waals surface area contributed by atoms with Gasteiger partial charge in [0.25, 0.3) is 0 Å². The van der Waals surface area contributed by atoms with Crippen LogP contribution in [0.25, 0.3) is 0 Å². The topological polar surface area (TPSA) is 61.0 Å². The van der Waals surface area contributed by atoms with Crippen LogP contribution in [-0.2, 0) is 4.74 Å². The molecule has 2 N–H and O–H groups in total. The van der Waals surface area contributed by atoms with Gasteiger partial charge in [0.15, 0.2) is 0 Å². The van der Waals surface area contributed by atoms with Gasteiger partial charge in [-0.25, -0.2) is 9.97 Å². The Morgan fingerprint density at radius 1 is 1.44 bits per heavy atom. The minimum absolute atomic E-state index is 0.0637. The molecule has 0 saturated heterocycles. The fraction of sp³-hybridized carbons (Fsp3) is 0.667. The highest BCUT2D eigenvalue weighted by Gasteiger charge is 2.30. The Bertz CT molecular complexity index is 311. The lowest BCUT2D eigenvalue weighted by Gasteiger charge is -2.36. The number of hydrogen-bond donors (Lipinski definition) is 1. The zero-order chi connectivity index (χ0) is 11.4. The summed E-state index contributed by atoms with van der Waals surface area (Å²) in [5.74, 6) is 0.701. The lowest BCUT2D eigenvalue weighted by Crippen LogP contribution is -2.33. The molecule has 0 aliphatic heterocycles. The number of rotatable bonds is 5. The molecule has 1 unspecified atom stereocenters. The van der Waals surface area contributed by atoms with E-state index < -0.39 is 0 Å². The van der Waals surface area contributed by atoms with Crippen molar-refractivity contribution in [1.29, 1.82) is 0 Å².